The van der Waals surface area contributed by atoms with E-state index >= 15 is 0 Å². The van der Waals surface area contributed by atoms with Crippen molar-refractivity contribution in [3.63, 3.8) is 0 Å². The maximum Gasteiger partial charge on any atom is 0.220 e. The van der Waals surface area contributed by atoms with Crippen LogP contribution in [0.3, 0.4) is 0 Å². The van der Waals surface area contributed by atoms with E-state index < -0.39 is 49.5 Å². The third-order valence-electron chi connectivity index (χ3n) is 14.5. The van der Waals surface area contributed by atoms with Crippen LogP contribution in [0.15, 0.2) is 85.1 Å². The molecule has 7 unspecified atom stereocenters. The molecule has 0 bridgehead atoms. The Morgan fingerprint density at radius 3 is 1.28 bits per heavy atom. The Hall–Kier alpha value is -2.63. The fourth-order valence-corrected chi connectivity index (χ4v) is 9.55. The van der Waals surface area contributed by atoms with E-state index in [0.29, 0.717) is 6.42 Å². The van der Waals surface area contributed by atoms with Crippen LogP contribution in [0, 0.1) is 0 Å². The average molecular weight is 1050 g/mol. The lowest BCUT2D eigenvalue weighted by atomic mass is 9.99. The Morgan fingerprint density at radius 1 is 0.467 bits per heavy atom. The van der Waals surface area contributed by atoms with Gasteiger partial charge in [0.2, 0.25) is 5.91 Å². The predicted octanol–water partition coefficient (Wildman–Crippen LogP) is 16.2. The first-order valence-electron chi connectivity index (χ1n) is 31.3. The zero-order valence-corrected chi connectivity index (χ0v) is 48.3. The second-order valence-corrected chi connectivity index (χ2v) is 21.5. The lowest BCUT2D eigenvalue weighted by molar-refractivity contribution is -0.302. The maximum absolute atomic E-state index is 13.1. The van der Waals surface area contributed by atoms with E-state index in [0.717, 1.165) is 70.6 Å². The molecule has 0 aromatic heterocycles. The van der Waals surface area contributed by atoms with Crippen molar-refractivity contribution in [2.45, 2.75) is 314 Å². The normalized spacial score (nSPS) is 19.5. The molecule has 434 valence electrons. The average Bonchev–Trinajstić information content (AvgIpc) is 3.41. The summed E-state index contributed by atoms with van der Waals surface area (Å²) >= 11 is 0. The van der Waals surface area contributed by atoms with Crippen molar-refractivity contribution in [1.82, 2.24) is 5.32 Å². The Balaban J connectivity index is 2.21. The largest absolute Gasteiger partial charge is 0.394 e. The van der Waals surface area contributed by atoms with Gasteiger partial charge in [-0.2, -0.15) is 0 Å². The van der Waals surface area contributed by atoms with Gasteiger partial charge in [0.1, 0.15) is 24.4 Å². The summed E-state index contributed by atoms with van der Waals surface area (Å²) in [4.78, 5) is 13.1. The van der Waals surface area contributed by atoms with Gasteiger partial charge in [0, 0.05) is 6.42 Å². The number of nitrogens with one attached hydrogen (secondary N) is 1. The molecule has 1 amide bonds. The summed E-state index contributed by atoms with van der Waals surface area (Å²) in [5, 5.41) is 54.6. The predicted molar refractivity (Wildman–Crippen MR) is 318 cm³/mol. The number of carbonyl (C=O) groups excluding carboxylic acids is 1. The third kappa shape index (κ3) is 44.0. The van der Waals surface area contributed by atoms with Crippen LogP contribution in [-0.2, 0) is 14.3 Å². The Labute approximate surface area is 461 Å². The highest BCUT2D eigenvalue weighted by Gasteiger charge is 2.44. The molecule has 1 aliphatic heterocycles. The van der Waals surface area contributed by atoms with Crippen LogP contribution in [0.2, 0.25) is 0 Å². The van der Waals surface area contributed by atoms with E-state index in [1.54, 1.807) is 6.08 Å². The van der Waals surface area contributed by atoms with Crippen molar-refractivity contribution < 1.29 is 39.8 Å². The first-order chi connectivity index (χ1) is 36.8. The Morgan fingerprint density at radius 2 is 0.840 bits per heavy atom. The van der Waals surface area contributed by atoms with E-state index in [4.69, 9.17) is 9.47 Å². The first kappa shape index (κ1) is 70.4. The summed E-state index contributed by atoms with van der Waals surface area (Å²) in [5.41, 5.74) is 0. The second kappa shape index (κ2) is 54.7. The molecule has 9 heteroatoms. The molecule has 1 heterocycles. The van der Waals surface area contributed by atoms with Crippen molar-refractivity contribution in [1.29, 1.82) is 0 Å². The highest BCUT2D eigenvalue weighted by atomic mass is 16.7. The lowest BCUT2D eigenvalue weighted by Gasteiger charge is -2.40. The monoisotopic (exact) mass is 1050 g/mol. The molecular weight excluding hydrogens is 935 g/mol. The lowest BCUT2D eigenvalue weighted by Crippen LogP contribution is -2.60. The van der Waals surface area contributed by atoms with Gasteiger partial charge in [0.15, 0.2) is 6.29 Å². The van der Waals surface area contributed by atoms with Gasteiger partial charge in [0.25, 0.3) is 0 Å². The number of carbonyl (C=O) groups is 1. The minimum atomic E-state index is -1.58. The van der Waals surface area contributed by atoms with Crippen molar-refractivity contribution in [3.8, 4) is 0 Å². The van der Waals surface area contributed by atoms with Gasteiger partial charge in [-0.25, -0.2) is 0 Å². The minimum absolute atomic E-state index is 0.189. The molecular formula is C66H117NO8. The number of aliphatic hydroxyl groups excluding tert-OH is 5. The Kier molecular flexibility index (Phi) is 51.3. The van der Waals surface area contributed by atoms with Crippen molar-refractivity contribution in [3.05, 3.63) is 85.1 Å². The number of rotatable bonds is 53. The van der Waals surface area contributed by atoms with E-state index in [-0.39, 0.29) is 12.5 Å². The maximum atomic E-state index is 13.1. The zero-order valence-electron chi connectivity index (χ0n) is 48.3. The molecule has 7 atom stereocenters. The first-order valence-corrected chi connectivity index (χ1v) is 31.3. The van der Waals surface area contributed by atoms with Gasteiger partial charge in [-0.3, -0.25) is 4.79 Å². The van der Waals surface area contributed by atoms with Gasteiger partial charge in [-0.05, 0) is 77.0 Å². The molecule has 0 saturated carbocycles. The summed E-state index contributed by atoms with van der Waals surface area (Å²) < 4.78 is 11.3. The van der Waals surface area contributed by atoms with Gasteiger partial charge in [-0.1, -0.05) is 272 Å². The number of ether oxygens (including phenoxy) is 2. The van der Waals surface area contributed by atoms with E-state index in [1.807, 2.05) is 6.08 Å². The van der Waals surface area contributed by atoms with E-state index in [1.165, 1.54) is 180 Å². The quantitative estimate of drug-likeness (QED) is 0.0261. The molecule has 9 nitrogen and oxygen atoms in total. The van der Waals surface area contributed by atoms with Crippen LogP contribution in [0.5, 0.6) is 0 Å². The number of hydrogen-bond donors (Lipinski definition) is 6. The number of aliphatic hydroxyl groups is 5. The number of unbranched alkanes of at least 4 members (excludes halogenated alkanes) is 31. The highest BCUT2D eigenvalue weighted by Crippen LogP contribution is 2.23. The van der Waals surface area contributed by atoms with E-state index in [2.05, 4.69) is 92.1 Å². The van der Waals surface area contributed by atoms with Crippen LogP contribution in [0.25, 0.3) is 0 Å². The van der Waals surface area contributed by atoms with Crippen LogP contribution in [-0.4, -0.2) is 87.5 Å². The van der Waals surface area contributed by atoms with Gasteiger partial charge >= 0.3 is 0 Å². The van der Waals surface area contributed by atoms with Gasteiger partial charge in [-0.15, -0.1) is 0 Å². The molecule has 1 fully saturated rings. The molecule has 1 rings (SSSR count). The van der Waals surface area contributed by atoms with Gasteiger partial charge < -0.3 is 40.3 Å². The molecule has 0 spiro atoms. The summed E-state index contributed by atoms with van der Waals surface area (Å²) in [6.07, 6.45) is 70.9. The smallest absolute Gasteiger partial charge is 0.220 e. The third-order valence-corrected chi connectivity index (χ3v) is 14.5. The van der Waals surface area contributed by atoms with Crippen LogP contribution in [0.4, 0.5) is 0 Å². The minimum Gasteiger partial charge on any atom is -0.394 e. The molecule has 1 aliphatic rings. The van der Waals surface area contributed by atoms with Crippen LogP contribution < -0.4 is 5.32 Å². The molecule has 75 heavy (non-hydrogen) atoms. The van der Waals surface area contributed by atoms with Crippen LogP contribution in [0.1, 0.15) is 271 Å². The standard InChI is InChI=1S/C66H117NO8/c1-3-5-7-9-11-13-15-17-19-21-23-25-27-28-29-30-31-32-34-36-38-40-42-44-46-48-50-52-54-56-62(70)67-59(58-74-66-65(73)64(72)63(71)61(57-68)75-66)60(69)55-53-51-49-47-45-43-41-39-37-35-33-26-24-22-20-18-16-14-12-10-8-6-4-2/h5,7,11,13,17,19,23,25,28-29,45,47,53,55,59-61,63-66,68-69,71-73H,3-4,6,8-10,12,14-16,18,20-22,24,26-27,30-44,46,48-52,54,56-58H2,1-2H3,(H,67,70)/b7-5-,13-11-,19-17-,25-23-,29-28-,47-45+,55-53+. The van der Waals surface area contributed by atoms with Gasteiger partial charge in [0.05, 0.1) is 25.4 Å². The fraction of sp³-hybridized carbons (Fsp3) is 0.773. The molecule has 1 saturated heterocycles. The molecule has 6 N–H and O–H groups in total. The second-order valence-electron chi connectivity index (χ2n) is 21.5. The summed E-state index contributed by atoms with van der Waals surface area (Å²) in [6.45, 7) is 3.67. The number of amides is 1. The molecule has 0 aromatic rings. The molecule has 0 aliphatic carbocycles. The fourth-order valence-electron chi connectivity index (χ4n) is 9.55. The van der Waals surface area contributed by atoms with Crippen molar-refractivity contribution in [2.75, 3.05) is 13.2 Å². The highest BCUT2D eigenvalue weighted by molar-refractivity contribution is 5.76. The SMILES string of the molecule is CC/C=C\C/C=C\C/C=C\C/C=C\C/C=C\CCCCCCCCCCCCCCCC(=O)NC(COC1OC(CO)C(O)C(O)C1O)C(O)/C=C/CC/C=C/CCCCCCCCCCCCCCCCCCC. The molecule has 0 aromatic carbocycles. The van der Waals surface area contributed by atoms with Crippen LogP contribution >= 0.6 is 0 Å². The van der Waals surface area contributed by atoms with Crippen molar-refractivity contribution >= 4 is 5.91 Å². The van der Waals surface area contributed by atoms with Crippen molar-refractivity contribution in [2.24, 2.45) is 0 Å². The zero-order chi connectivity index (χ0) is 54.3. The topological polar surface area (TPSA) is 149 Å². The number of hydrogen-bond acceptors (Lipinski definition) is 8. The Bertz CT molecular complexity index is 1450. The molecule has 0 radical (unpaired) electrons. The number of allylic oxidation sites excluding steroid dienone is 13. The summed E-state index contributed by atoms with van der Waals surface area (Å²) in [5.74, 6) is -0.189. The van der Waals surface area contributed by atoms with E-state index in [9.17, 15) is 30.3 Å². The summed E-state index contributed by atoms with van der Waals surface area (Å²) in [7, 11) is 0. The summed E-state index contributed by atoms with van der Waals surface area (Å²) in [6, 6.07) is -0.828.